The van der Waals surface area contributed by atoms with E-state index in [0.29, 0.717) is 36.4 Å². The van der Waals surface area contributed by atoms with Crippen LogP contribution in [0.4, 0.5) is 5.69 Å². The average Bonchev–Trinajstić information content (AvgIpc) is 2.39. The molecule has 0 saturated carbocycles. The van der Waals surface area contributed by atoms with Crippen LogP contribution >= 0.6 is 0 Å². The van der Waals surface area contributed by atoms with Crippen molar-refractivity contribution in [2.45, 2.75) is 6.54 Å². The summed E-state index contributed by atoms with van der Waals surface area (Å²) in [5.74, 6) is -0.485. The van der Waals surface area contributed by atoms with Crippen LogP contribution in [0.25, 0.3) is 0 Å². The average molecular weight is 268 g/mol. The maximum Gasteiger partial charge on any atom is 0.340 e. The van der Waals surface area contributed by atoms with Crippen molar-refractivity contribution in [2.24, 2.45) is 0 Å². The van der Waals surface area contributed by atoms with Crippen molar-refractivity contribution in [2.75, 3.05) is 39.1 Å². The number of nitrogen functional groups attached to an aromatic ring is 1. The van der Waals surface area contributed by atoms with Gasteiger partial charge in [-0.15, -0.1) is 0 Å². The molecule has 0 fully saturated rings. The van der Waals surface area contributed by atoms with Gasteiger partial charge in [0.25, 0.3) is 0 Å². The van der Waals surface area contributed by atoms with Crippen LogP contribution in [0.3, 0.4) is 0 Å². The number of carbonyl (C=O) groups excluding carboxylic acids is 1. The molecule has 0 aromatic heterocycles. The lowest BCUT2D eigenvalue weighted by Crippen LogP contribution is -2.30. The Morgan fingerprint density at radius 1 is 1.32 bits per heavy atom. The summed E-state index contributed by atoms with van der Waals surface area (Å²) in [6.45, 7) is 1.20. The quantitative estimate of drug-likeness (QED) is 0.470. The fraction of sp³-hybridized carbons (Fsp3) is 0.462. The molecule has 0 unspecified atom stereocenters. The number of hydrogen-bond acceptors (Lipinski definition) is 6. The second-order valence-electron chi connectivity index (χ2n) is 4.10. The lowest BCUT2D eigenvalue weighted by molar-refractivity contribution is 0.0599. The fourth-order valence-corrected chi connectivity index (χ4v) is 1.90. The molecule has 0 atom stereocenters. The van der Waals surface area contributed by atoms with Gasteiger partial charge in [-0.25, -0.2) is 4.79 Å². The van der Waals surface area contributed by atoms with E-state index in [4.69, 9.17) is 20.7 Å². The predicted octanol–water partition coefficient (Wildman–Crippen LogP) is -0.158. The first-order valence-electron chi connectivity index (χ1n) is 6.03. The van der Waals surface area contributed by atoms with E-state index in [9.17, 15) is 4.79 Å². The monoisotopic (exact) mass is 268 g/mol. The molecular weight excluding hydrogens is 248 g/mol. The number of anilines is 1. The van der Waals surface area contributed by atoms with Gasteiger partial charge in [-0.1, -0.05) is 12.1 Å². The van der Waals surface area contributed by atoms with Crippen LogP contribution in [-0.2, 0) is 11.3 Å². The van der Waals surface area contributed by atoms with Crippen LogP contribution in [0.15, 0.2) is 18.2 Å². The number of rotatable bonds is 7. The number of aliphatic hydroxyl groups excluding tert-OH is 2. The maximum atomic E-state index is 11.7. The van der Waals surface area contributed by atoms with Crippen molar-refractivity contribution in [3.8, 4) is 0 Å². The molecule has 0 heterocycles. The van der Waals surface area contributed by atoms with Crippen LogP contribution in [-0.4, -0.2) is 54.5 Å². The Bertz CT molecular complexity index is 417. The van der Waals surface area contributed by atoms with E-state index in [1.165, 1.54) is 7.11 Å². The van der Waals surface area contributed by atoms with Gasteiger partial charge in [-0.3, -0.25) is 4.90 Å². The van der Waals surface area contributed by atoms with Crippen molar-refractivity contribution in [3.63, 3.8) is 0 Å². The minimum absolute atomic E-state index is 0.0180. The second kappa shape index (κ2) is 7.73. The van der Waals surface area contributed by atoms with Crippen LogP contribution in [0.5, 0.6) is 0 Å². The molecular formula is C13H20N2O4. The SMILES string of the molecule is COC(=O)c1c(N)cccc1CN(CCO)CCO. The third kappa shape index (κ3) is 4.20. The Morgan fingerprint density at radius 3 is 2.47 bits per heavy atom. The van der Waals surface area contributed by atoms with Crippen LogP contribution in [0.2, 0.25) is 0 Å². The topological polar surface area (TPSA) is 96.0 Å². The van der Waals surface area contributed by atoms with Gasteiger partial charge in [0.05, 0.1) is 25.9 Å². The summed E-state index contributed by atoms with van der Waals surface area (Å²) < 4.78 is 4.72. The third-order valence-corrected chi connectivity index (χ3v) is 2.80. The Balaban J connectivity index is 2.98. The second-order valence-corrected chi connectivity index (χ2v) is 4.10. The Morgan fingerprint density at radius 2 is 1.95 bits per heavy atom. The Labute approximate surface area is 112 Å². The molecule has 19 heavy (non-hydrogen) atoms. The molecule has 6 heteroatoms. The number of nitrogens with zero attached hydrogens (tertiary/aromatic N) is 1. The van der Waals surface area contributed by atoms with E-state index in [1.807, 2.05) is 4.90 Å². The van der Waals surface area contributed by atoms with Gasteiger partial charge < -0.3 is 20.7 Å². The van der Waals surface area contributed by atoms with Crippen LogP contribution in [0, 0.1) is 0 Å². The van der Waals surface area contributed by atoms with Crippen molar-refractivity contribution in [1.82, 2.24) is 4.90 Å². The summed E-state index contributed by atoms with van der Waals surface area (Å²) >= 11 is 0. The molecule has 106 valence electrons. The van der Waals surface area contributed by atoms with E-state index < -0.39 is 5.97 Å². The van der Waals surface area contributed by atoms with Gasteiger partial charge in [-0.05, 0) is 11.6 Å². The highest BCUT2D eigenvalue weighted by atomic mass is 16.5. The first-order valence-corrected chi connectivity index (χ1v) is 6.03. The lowest BCUT2D eigenvalue weighted by atomic mass is 10.0. The highest BCUT2D eigenvalue weighted by Gasteiger charge is 2.17. The minimum atomic E-state index is -0.485. The predicted molar refractivity (Wildman–Crippen MR) is 71.6 cm³/mol. The summed E-state index contributed by atoms with van der Waals surface area (Å²) in [7, 11) is 1.30. The molecule has 0 radical (unpaired) electrons. The lowest BCUT2D eigenvalue weighted by Gasteiger charge is -2.21. The highest BCUT2D eigenvalue weighted by molar-refractivity contribution is 5.96. The molecule has 1 aromatic carbocycles. The van der Waals surface area contributed by atoms with Gasteiger partial charge in [0.2, 0.25) is 0 Å². The number of hydrogen-bond donors (Lipinski definition) is 3. The first-order chi connectivity index (χ1) is 9.13. The zero-order valence-corrected chi connectivity index (χ0v) is 11.0. The molecule has 0 aliphatic heterocycles. The number of ether oxygens (including phenoxy) is 1. The van der Waals surface area contributed by atoms with E-state index in [-0.39, 0.29) is 13.2 Å². The number of aliphatic hydroxyl groups is 2. The summed E-state index contributed by atoms with van der Waals surface area (Å²) in [6.07, 6.45) is 0. The third-order valence-electron chi connectivity index (χ3n) is 2.80. The standard InChI is InChI=1S/C13H20N2O4/c1-19-13(18)12-10(3-2-4-11(12)14)9-15(5-7-16)6-8-17/h2-4,16-17H,5-9,14H2,1H3. The molecule has 6 nitrogen and oxygen atoms in total. The molecule has 0 spiro atoms. The fourth-order valence-electron chi connectivity index (χ4n) is 1.90. The smallest absolute Gasteiger partial charge is 0.340 e. The highest BCUT2D eigenvalue weighted by Crippen LogP contribution is 2.19. The van der Waals surface area contributed by atoms with E-state index >= 15 is 0 Å². The van der Waals surface area contributed by atoms with E-state index in [2.05, 4.69) is 0 Å². The summed E-state index contributed by atoms with van der Waals surface area (Å²) in [4.78, 5) is 13.6. The van der Waals surface area contributed by atoms with E-state index in [0.717, 1.165) is 0 Å². The summed E-state index contributed by atoms with van der Waals surface area (Å²) in [6, 6.07) is 5.18. The number of benzene rings is 1. The summed E-state index contributed by atoms with van der Waals surface area (Å²) in [5.41, 5.74) is 7.22. The van der Waals surface area contributed by atoms with Crippen LogP contribution < -0.4 is 5.73 Å². The van der Waals surface area contributed by atoms with Gasteiger partial charge in [0.1, 0.15) is 0 Å². The molecule has 0 aliphatic rings. The van der Waals surface area contributed by atoms with Gasteiger partial charge >= 0.3 is 5.97 Å². The number of carbonyl (C=O) groups is 1. The number of methoxy groups -OCH3 is 1. The molecule has 0 bridgehead atoms. The van der Waals surface area contributed by atoms with Gasteiger partial charge in [-0.2, -0.15) is 0 Å². The molecule has 0 amide bonds. The minimum Gasteiger partial charge on any atom is -0.465 e. The Kier molecular flexibility index (Phi) is 6.27. The zero-order chi connectivity index (χ0) is 14.3. The first kappa shape index (κ1) is 15.4. The van der Waals surface area contributed by atoms with E-state index in [1.54, 1.807) is 18.2 Å². The summed E-state index contributed by atoms with van der Waals surface area (Å²) in [5, 5.41) is 18.0. The zero-order valence-electron chi connectivity index (χ0n) is 11.0. The van der Waals surface area contributed by atoms with Gasteiger partial charge in [0.15, 0.2) is 0 Å². The largest absolute Gasteiger partial charge is 0.465 e. The molecule has 0 aliphatic carbocycles. The number of nitrogens with two attached hydrogens (primary N) is 1. The van der Waals surface area contributed by atoms with Crippen molar-refractivity contribution in [1.29, 1.82) is 0 Å². The normalized spacial score (nSPS) is 10.7. The Hall–Kier alpha value is -1.63. The van der Waals surface area contributed by atoms with Crippen molar-refractivity contribution >= 4 is 11.7 Å². The van der Waals surface area contributed by atoms with Crippen LogP contribution in [0.1, 0.15) is 15.9 Å². The molecule has 1 rings (SSSR count). The molecule has 4 N–H and O–H groups in total. The number of esters is 1. The van der Waals surface area contributed by atoms with Gasteiger partial charge in [0, 0.05) is 25.3 Å². The van der Waals surface area contributed by atoms with Crippen molar-refractivity contribution in [3.05, 3.63) is 29.3 Å². The molecule has 1 aromatic rings. The maximum absolute atomic E-state index is 11.7. The molecule has 0 saturated heterocycles. The van der Waals surface area contributed by atoms with Crippen molar-refractivity contribution < 1.29 is 19.7 Å².